The number of aromatic nitrogens is 2. The van der Waals surface area contributed by atoms with E-state index in [9.17, 15) is 4.79 Å². The third-order valence-corrected chi connectivity index (χ3v) is 3.34. The summed E-state index contributed by atoms with van der Waals surface area (Å²) in [4.78, 5) is 19.4. The molecule has 1 aromatic carbocycles. The van der Waals surface area contributed by atoms with E-state index in [0.717, 1.165) is 18.4 Å². The van der Waals surface area contributed by atoms with Crippen LogP contribution in [0.4, 0.5) is 0 Å². The smallest absolute Gasteiger partial charge is 0.254 e. The Morgan fingerprint density at radius 1 is 1.40 bits per heavy atom. The van der Waals surface area contributed by atoms with Crippen LogP contribution in [0.15, 0.2) is 23.0 Å². The molecule has 2 aromatic rings. The van der Waals surface area contributed by atoms with E-state index in [0.29, 0.717) is 27.9 Å². The van der Waals surface area contributed by atoms with E-state index in [1.165, 1.54) is 0 Å². The Kier molecular flexibility index (Phi) is 4.45. The zero-order valence-corrected chi connectivity index (χ0v) is 12.5. The molecule has 0 saturated heterocycles. The molecule has 0 aliphatic rings. The summed E-state index contributed by atoms with van der Waals surface area (Å²) in [6.45, 7) is 3.79. The first-order chi connectivity index (χ1) is 9.56. The van der Waals surface area contributed by atoms with Crippen molar-refractivity contribution < 1.29 is 4.74 Å². The molecule has 0 radical (unpaired) electrons. The zero-order valence-electron chi connectivity index (χ0n) is 11.8. The second-order valence-electron chi connectivity index (χ2n) is 4.58. The highest BCUT2D eigenvalue weighted by Crippen LogP contribution is 2.32. The first-order valence-electron chi connectivity index (χ1n) is 6.50. The summed E-state index contributed by atoms with van der Waals surface area (Å²) in [5, 5.41) is 0.583. The molecule has 0 saturated carbocycles. The maximum Gasteiger partial charge on any atom is 0.254 e. The predicted octanol–water partition coefficient (Wildman–Crippen LogP) is 3.36. The van der Waals surface area contributed by atoms with Crippen LogP contribution in [-0.2, 0) is 6.42 Å². The van der Waals surface area contributed by atoms with Crippen LogP contribution in [0.5, 0.6) is 5.75 Å². The molecule has 106 valence electrons. The van der Waals surface area contributed by atoms with E-state index < -0.39 is 0 Å². The van der Waals surface area contributed by atoms with Crippen LogP contribution in [0.3, 0.4) is 0 Å². The standard InChI is InChI=1S/C15H17ClN2O2/c1-4-5-13-17-14(9(2)15(19)18-13)11-8-10(16)6-7-12(11)20-3/h6-8H,4-5H2,1-3H3,(H,17,18,19). The van der Waals surface area contributed by atoms with Gasteiger partial charge in [0.1, 0.15) is 11.6 Å². The van der Waals surface area contributed by atoms with Gasteiger partial charge >= 0.3 is 0 Å². The van der Waals surface area contributed by atoms with E-state index in [1.54, 1.807) is 32.2 Å². The van der Waals surface area contributed by atoms with Crippen molar-refractivity contribution in [2.24, 2.45) is 0 Å². The molecule has 5 heteroatoms. The largest absolute Gasteiger partial charge is 0.496 e. The first kappa shape index (κ1) is 14.6. The van der Waals surface area contributed by atoms with E-state index in [1.807, 2.05) is 6.92 Å². The molecule has 0 aliphatic carbocycles. The topological polar surface area (TPSA) is 55.0 Å². The van der Waals surface area contributed by atoms with E-state index >= 15 is 0 Å². The van der Waals surface area contributed by atoms with Crippen molar-refractivity contribution in [2.75, 3.05) is 7.11 Å². The lowest BCUT2D eigenvalue weighted by molar-refractivity contribution is 0.416. The number of nitrogens with one attached hydrogen (secondary N) is 1. The fraction of sp³-hybridized carbons (Fsp3) is 0.333. The molecule has 0 amide bonds. The van der Waals surface area contributed by atoms with Gasteiger partial charge in [-0.3, -0.25) is 4.79 Å². The number of methoxy groups -OCH3 is 1. The molecule has 1 aromatic heterocycles. The number of H-pyrrole nitrogens is 1. The summed E-state index contributed by atoms with van der Waals surface area (Å²) in [5.74, 6) is 1.33. The van der Waals surface area contributed by atoms with Gasteiger partial charge in [-0.15, -0.1) is 0 Å². The Labute approximate surface area is 122 Å². The molecule has 0 aliphatic heterocycles. The number of rotatable bonds is 4. The van der Waals surface area contributed by atoms with Crippen molar-refractivity contribution in [1.29, 1.82) is 0 Å². The molecule has 4 nitrogen and oxygen atoms in total. The summed E-state index contributed by atoms with van der Waals surface area (Å²) < 4.78 is 5.34. The minimum Gasteiger partial charge on any atom is -0.496 e. The molecule has 1 N–H and O–H groups in total. The molecule has 0 spiro atoms. The van der Waals surface area contributed by atoms with E-state index in [4.69, 9.17) is 16.3 Å². The average Bonchev–Trinajstić information content (AvgIpc) is 2.43. The van der Waals surface area contributed by atoms with Gasteiger partial charge in [0.25, 0.3) is 5.56 Å². The number of nitrogens with zero attached hydrogens (tertiary/aromatic N) is 1. The number of halogens is 1. The maximum atomic E-state index is 12.0. The van der Waals surface area contributed by atoms with Gasteiger partial charge in [-0.05, 0) is 31.5 Å². The first-order valence-corrected chi connectivity index (χ1v) is 6.88. The van der Waals surface area contributed by atoms with Crippen LogP contribution < -0.4 is 10.3 Å². The lowest BCUT2D eigenvalue weighted by atomic mass is 10.1. The molecule has 1 heterocycles. The third kappa shape index (κ3) is 2.85. The maximum absolute atomic E-state index is 12.0. The highest BCUT2D eigenvalue weighted by Gasteiger charge is 2.14. The van der Waals surface area contributed by atoms with E-state index in [-0.39, 0.29) is 5.56 Å². The van der Waals surface area contributed by atoms with Crippen molar-refractivity contribution in [3.63, 3.8) is 0 Å². The van der Waals surface area contributed by atoms with Crippen molar-refractivity contribution in [3.8, 4) is 17.0 Å². The lowest BCUT2D eigenvalue weighted by Gasteiger charge is -2.11. The molecule has 20 heavy (non-hydrogen) atoms. The van der Waals surface area contributed by atoms with Gasteiger partial charge in [0.2, 0.25) is 0 Å². The SMILES string of the molecule is CCCc1nc(-c2cc(Cl)ccc2OC)c(C)c(=O)[nH]1. The Hall–Kier alpha value is -1.81. The minimum absolute atomic E-state index is 0.125. The van der Waals surface area contributed by atoms with E-state index in [2.05, 4.69) is 9.97 Å². The minimum atomic E-state index is -0.125. The summed E-state index contributed by atoms with van der Waals surface area (Å²) in [6.07, 6.45) is 1.64. The Balaban J connectivity index is 2.68. The fourth-order valence-corrected chi connectivity index (χ4v) is 2.23. The second kappa shape index (κ2) is 6.09. The molecule has 2 rings (SSSR count). The van der Waals surface area contributed by atoms with Gasteiger partial charge in [0, 0.05) is 22.6 Å². The van der Waals surface area contributed by atoms with Gasteiger partial charge in [0.05, 0.1) is 12.8 Å². The predicted molar refractivity (Wildman–Crippen MR) is 80.6 cm³/mol. The number of hydrogen-bond acceptors (Lipinski definition) is 3. The number of aryl methyl sites for hydroxylation is 1. The van der Waals surface area contributed by atoms with Crippen LogP contribution in [0.1, 0.15) is 24.7 Å². The highest BCUT2D eigenvalue weighted by molar-refractivity contribution is 6.31. The molecular formula is C15H17ClN2O2. The van der Waals surface area contributed by atoms with Gasteiger partial charge in [-0.1, -0.05) is 18.5 Å². The summed E-state index contributed by atoms with van der Waals surface area (Å²) in [6, 6.07) is 5.30. The van der Waals surface area contributed by atoms with Crippen molar-refractivity contribution >= 4 is 11.6 Å². The van der Waals surface area contributed by atoms with Crippen molar-refractivity contribution in [3.05, 3.63) is 45.0 Å². The average molecular weight is 293 g/mol. The van der Waals surface area contributed by atoms with Crippen LogP contribution in [0, 0.1) is 6.92 Å². The Bertz CT molecular complexity index is 680. The third-order valence-electron chi connectivity index (χ3n) is 3.10. The van der Waals surface area contributed by atoms with Crippen LogP contribution in [-0.4, -0.2) is 17.1 Å². The summed E-state index contributed by atoms with van der Waals surface area (Å²) >= 11 is 6.05. The molecule has 0 atom stereocenters. The fourth-order valence-electron chi connectivity index (χ4n) is 2.06. The highest BCUT2D eigenvalue weighted by atomic mass is 35.5. The van der Waals surface area contributed by atoms with Gasteiger partial charge < -0.3 is 9.72 Å². The summed E-state index contributed by atoms with van der Waals surface area (Å²) in [7, 11) is 1.59. The lowest BCUT2D eigenvalue weighted by Crippen LogP contribution is -2.16. The van der Waals surface area contributed by atoms with Crippen molar-refractivity contribution in [2.45, 2.75) is 26.7 Å². The monoisotopic (exact) mass is 292 g/mol. The normalized spacial score (nSPS) is 10.6. The Morgan fingerprint density at radius 3 is 2.80 bits per heavy atom. The van der Waals surface area contributed by atoms with Gasteiger partial charge in [0.15, 0.2) is 0 Å². The number of aromatic amines is 1. The summed E-state index contributed by atoms with van der Waals surface area (Å²) in [5.41, 5.74) is 1.79. The second-order valence-corrected chi connectivity index (χ2v) is 5.02. The Morgan fingerprint density at radius 2 is 2.15 bits per heavy atom. The number of benzene rings is 1. The molecule has 0 unspecified atom stereocenters. The van der Waals surface area contributed by atoms with Crippen LogP contribution in [0.25, 0.3) is 11.3 Å². The van der Waals surface area contributed by atoms with Gasteiger partial charge in [-0.25, -0.2) is 4.98 Å². The van der Waals surface area contributed by atoms with Crippen molar-refractivity contribution in [1.82, 2.24) is 9.97 Å². The van der Waals surface area contributed by atoms with Crippen LogP contribution in [0.2, 0.25) is 5.02 Å². The molecule has 0 fully saturated rings. The zero-order chi connectivity index (χ0) is 14.7. The van der Waals surface area contributed by atoms with Crippen LogP contribution >= 0.6 is 11.6 Å². The van der Waals surface area contributed by atoms with Gasteiger partial charge in [-0.2, -0.15) is 0 Å². The molecule has 0 bridgehead atoms. The molecular weight excluding hydrogens is 276 g/mol. The quantitative estimate of drug-likeness (QED) is 0.940. The number of ether oxygens (including phenoxy) is 1. The number of hydrogen-bond donors (Lipinski definition) is 1.